The SMILES string of the molecule is CC(C)OC(=O)C1=C(N)OC2=C(C(=O)CC(C)(C)C2)[C@@H]1c1ccc(F)cc1F. The summed E-state index contributed by atoms with van der Waals surface area (Å²) in [6.45, 7) is 7.14. The number of nitrogens with two attached hydrogens (primary N) is 1. The van der Waals surface area contributed by atoms with Crippen molar-refractivity contribution in [2.24, 2.45) is 11.1 Å². The fourth-order valence-electron chi connectivity index (χ4n) is 3.71. The Labute approximate surface area is 162 Å². The highest BCUT2D eigenvalue weighted by Gasteiger charge is 2.45. The Hall–Kier alpha value is -2.70. The van der Waals surface area contributed by atoms with E-state index in [4.69, 9.17) is 15.2 Å². The van der Waals surface area contributed by atoms with Crippen molar-refractivity contribution >= 4 is 11.8 Å². The van der Waals surface area contributed by atoms with Gasteiger partial charge < -0.3 is 15.2 Å². The van der Waals surface area contributed by atoms with Gasteiger partial charge in [-0.2, -0.15) is 0 Å². The number of carbonyl (C=O) groups is 2. The molecule has 0 fully saturated rings. The summed E-state index contributed by atoms with van der Waals surface area (Å²) in [5, 5.41) is 0. The molecule has 7 heteroatoms. The molecule has 1 aliphatic carbocycles. The number of Topliss-reactive ketones (excluding diaryl/α,β-unsaturated/α-hetero) is 1. The number of hydrogen-bond acceptors (Lipinski definition) is 5. The second-order valence-electron chi connectivity index (χ2n) is 8.21. The molecule has 1 heterocycles. The molecule has 1 aliphatic heterocycles. The summed E-state index contributed by atoms with van der Waals surface area (Å²) >= 11 is 0. The molecule has 150 valence electrons. The molecular weight excluding hydrogens is 368 g/mol. The van der Waals surface area contributed by atoms with Gasteiger partial charge in [-0.1, -0.05) is 19.9 Å². The van der Waals surface area contributed by atoms with Crippen molar-refractivity contribution in [1.82, 2.24) is 0 Å². The van der Waals surface area contributed by atoms with E-state index < -0.39 is 29.6 Å². The Morgan fingerprint density at radius 2 is 1.96 bits per heavy atom. The molecule has 2 N–H and O–H groups in total. The molecule has 0 spiro atoms. The summed E-state index contributed by atoms with van der Waals surface area (Å²) in [6, 6.07) is 3.00. The number of benzene rings is 1. The van der Waals surface area contributed by atoms with E-state index in [1.165, 1.54) is 6.07 Å². The van der Waals surface area contributed by atoms with Crippen molar-refractivity contribution in [3.8, 4) is 0 Å². The van der Waals surface area contributed by atoms with Crippen molar-refractivity contribution in [3.63, 3.8) is 0 Å². The lowest BCUT2D eigenvalue weighted by atomic mass is 9.70. The quantitative estimate of drug-likeness (QED) is 0.792. The zero-order valence-corrected chi connectivity index (χ0v) is 16.3. The molecule has 28 heavy (non-hydrogen) atoms. The molecular formula is C21H23F2NO4. The third kappa shape index (κ3) is 3.66. The number of halogens is 2. The second-order valence-corrected chi connectivity index (χ2v) is 8.21. The largest absolute Gasteiger partial charge is 0.459 e. The van der Waals surface area contributed by atoms with Crippen LogP contribution in [0.15, 0.2) is 41.0 Å². The molecule has 1 aromatic rings. The number of hydrogen-bond donors (Lipinski definition) is 1. The van der Waals surface area contributed by atoms with E-state index in [2.05, 4.69) is 0 Å². The van der Waals surface area contributed by atoms with E-state index in [0.717, 1.165) is 6.07 Å². The van der Waals surface area contributed by atoms with Gasteiger partial charge in [0.2, 0.25) is 5.88 Å². The van der Waals surface area contributed by atoms with Gasteiger partial charge >= 0.3 is 5.97 Å². The standard InChI is InChI=1S/C21H23F2NO4/c1-10(2)27-20(26)18-16(12-6-5-11(22)7-13(12)23)17-14(25)8-21(3,4)9-15(17)28-19(18)24/h5-7,10,16H,8-9,24H2,1-4H3/t16-/m0/s1. The maximum atomic E-state index is 14.7. The van der Waals surface area contributed by atoms with Crippen LogP contribution in [-0.2, 0) is 19.1 Å². The van der Waals surface area contributed by atoms with Gasteiger partial charge in [-0.3, -0.25) is 4.79 Å². The predicted molar refractivity (Wildman–Crippen MR) is 97.7 cm³/mol. The lowest BCUT2D eigenvalue weighted by Crippen LogP contribution is -2.36. The van der Waals surface area contributed by atoms with Gasteiger partial charge in [0.15, 0.2) is 5.78 Å². The van der Waals surface area contributed by atoms with Crippen molar-refractivity contribution in [2.45, 2.75) is 52.6 Å². The first-order valence-corrected chi connectivity index (χ1v) is 9.10. The molecule has 0 bridgehead atoms. The molecule has 0 aromatic heterocycles. The van der Waals surface area contributed by atoms with Gasteiger partial charge in [0.1, 0.15) is 23.0 Å². The van der Waals surface area contributed by atoms with Crippen LogP contribution in [0.4, 0.5) is 8.78 Å². The molecule has 5 nitrogen and oxygen atoms in total. The molecule has 0 radical (unpaired) electrons. The average molecular weight is 391 g/mol. The van der Waals surface area contributed by atoms with Crippen LogP contribution in [-0.4, -0.2) is 17.9 Å². The monoisotopic (exact) mass is 391 g/mol. The molecule has 0 saturated heterocycles. The molecule has 1 aromatic carbocycles. The lowest BCUT2D eigenvalue weighted by molar-refractivity contribution is -0.143. The molecule has 1 atom stereocenters. The van der Waals surface area contributed by atoms with Crippen LogP contribution >= 0.6 is 0 Å². The smallest absolute Gasteiger partial charge is 0.340 e. The van der Waals surface area contributed by atoms with E-state index in [9.17, 15) is 18.4 Å². The van der Waals surface area contributed by atoms with Crippen LogP contribution in [0, 0.1) is 17.0 Å². The summed E-state index contributed by atoms with van der Waals surface area (Å²) in [4.78, 5) is 25.7. The summed E-state index contributed by atoms with van der Waals surface area (Å²) in [7, 11) is 0. The fraction of sp³-hybridized carbons (Fsp3) is 0.429. The van der Waals surface area contributed by atoms with Crippen molar-refractivity contribution in [3.05, 3.63) is 58.2 Å². The van der Waals surface area contributed by atoms with Crippen LogP contribution < -0.4 is 5.73 Å². The molecule has 0 unspecified atom stereocenters. The van der Waals surface area contributed by atoms with Gasteiger partial charge in [-0.25, -0.2) is 13.6 Å². The second kappa shape index (κ2) is 7.04. The number of ether oxygens (including phenoxy) is 2. The van der Waals surface area contributed by atoms with Crippen LogP contribution in [0.5, 0.6) is 0 Å². The van der Waals surface area contributed by atoms with Gasteiger partial charge in [0.25, 0.3) is 0 Å². The van der Waals surface area contributed by atoms with Crippen LogP contribution in [0.3, 0.4) is 0 Å². The van der Waals surface area contributed by atoms with Crippen molar-refractivity contribution < 1.29 is 27.8 Å². The summed E-state index contributed by atoms with van der Waals surface area (Å²) in [6.07, 6.45) is 0.157. The van der Waals surface area contributed by atoms with Gasteiger partial charge in [0, 0.05) is 30.0 Å². The predicted octanol–water partition coefficient (Wildman–Crippen LogP) is 3.84. The Balaban J connectivity index is 2.21. The topological polar surface area (TPSA) is 78.6 Å². The van der Waals surface area contributed by atoms with Crippen LogP contribution in [0.2, 0.25) is 0 Å². The zero-order chi connectivity index (χ0) is 20.8. The fourth-order valence-corrected chi connectivity index (χ4v) is 3.71. The third-order valence-electron chi connectivity index (χ3n) is 4.79. The highest BCUT2D eigenvalue weighted by molar-refractivity contribution is 6.03. The maximum absolute atomic E-state index is 14.7. The zero-order valence-electron chi connectivity index (χ0n) is 16.3. The number of carbonyl (C=O) groups excluding carboxylic acids is 2. The summed E-state index contributed by atoms with van der Waals surface area (Å²) < 4.78 is 39.0. The number of allylic oxidation sites excluding steroid dienone is 2. The number of rotatable bonds is 3. The van der Waals surface area contributed by atoms with Crippen molar-refractivity contribution in [2.75, 3.05) is 0 Å². The van der Waals surface area contributed by atoms with Gasteiger partial charge in [-0.15, -0.1) is 0 Å². The minimum atomic E-state index is -1.11. The van der Waals surface area contributed by atoms with E-state index in [0.29, 0.717) is 18.2 Å². The Morgan fingerprint density at radius 1 is 1.29 bits per heavy atom. The molecule has 3 rings (SSSR count). The van der Waals surface area contributed by atoms with E-state index in [1.807, 2.05) is 13.8 Å². The minimum absolute atomic E-state index is 0.0242. The number of esters is 1. The van der Waals surface area contributed by atoms with Crippen LogP contribution in [0.1, 0.15) is 52.0 Å². The highest BCUT2D eigenvalue weighted by atomic mass is 19.1. The summed E-state index contributed by atoms with van der Waals surface area (Å²) in [5.74, 6) is -3.73. The first kappa shape index (κ1) is 20.0. The summed E-state index contributed by atoms with van der Waals surface area (Å²) in [5.41, 5.74) is 5.66. The Kier molecular flexibility index (Phi) is 5.04. The first-order valence-electron chi connectivity index (χ1n) is 9.10. The molecule has 0 saturated carbocycles. The minimum Gasteiger partial charge on any atom is -0.459 e. The average Bonchev–Trinajstić information content (AvgIpc) is 2.51. The highest BCUT2D eigenvalue weighted by Crippen LogP contribution is 2.48. The van der Waals surface area contributed by atoms with E-state index in [-0.39, 0.29) is 40.2 Å². The molecule has 0 amide bonds. The Bertz CT molecular complexity index is 915. The third-order valence-corrected chi connectivity index (χ3v) is 4.79. The van der Waals surface area contributed by atoms with Crippen LogP contribution in [0.25, 0.3) is 0 Å². The van der Waals surface area contributed by atoms with Gasteiger partial charge in [-0.05, 0) is 25.3 Å². The lowest BCUT2D eigenvalue weighted by Gasteiger charge is -2.38. The van der Waals surface area contributed by atoms with Gasteiger partial charge in [0.05, 0.1) is 12.0 Å². The van der Waals surface area contributed by atoms with E-state index in [1.54, 1.807) is 13.8 Å². The van der Waals surface area contributed by atoms with E-state index >= 15 is 0 Å². The maximum Gasteiger partial charge on any atom is 0.340 e. The molecule has 2 aliphatic rings. The normalized spacial score (nSPS) is 21.5. The number of ketones is 1. The first-order chi connectivity index (χ1) is 13.0. The van der Waals surface area contributed by atoms with Crippen molar-refractivity contribution in [1.29, 1.82) is 0 Å². The Morgan fingerprint density at radius 3 is 2.57 bits per heavy atom.